The van der Waals surface area contributed by atoms with Gasteiger partial charge in [-0.2, -0.15) is 8.78 Å². The van der Waals surface area contributed by atoms with Crippen LogP contribution in [0.4, 0.5) is 19.1 Å². The zero-order valence-electron chi connectivity index (χ0n) is 14.3. The number of rotatable bonds is 4. The second-order valence-electron chi connectivity index (χ2n) is 7.43. The maximum absolute atomic E-state index is 14.8. The van der Waals surface area contributed by atoms with Crippen LogP contribution in [0, 0.1) is 5.82 Å². The van der Waals surface area contributed by atoms with Gasteiger partial charge in [-0.25, -0.2) is 9.37 Å². The number of anilines is 1. The Bertz CT molecular complexity index is 900. The number of carbonyl (C=O) groups is 1. The van der Waals surface area contributed by atoms with E-state index in [1.165, 1.54) is 24.8 Å². The molecule has 6 nitrogen and oxygen atoms in total. The summed E-state index contributed by atoms with van der Waals surface area (Å²) in [6, 6.07) is 2.50. The number of carbonyl (C=O) groups excluding carboxylic acids is 1. The van der Waals surface area contributed by atoms with Gasteiger partial charge in [0.25, 0.3) is 0 Å². The molecule has 0 unspecified atom stereocenters. The Hall–Kier alpha value is -2.29. The molecule has 1 amide bonds. The summed E-state index contributed by atoms with van der Waals surface area (Å²) in [5.74, 6) is -1.50. The van der Waals surface area contributed by atoms with Crippen LogP contribution in [0.1, 0.15) is 39.5 Å². The van der Waals surface area contributed by atoms with Crippen molar-refractivity contribution in [1.82, 2.24) is 9.55 Å². The van der Waals surface area contributed by atoms with Crippen molar-refractivity contribution in [2.75, 3.05) is 4.90 Å². The molecule has 1 aliphatic carbocycles. The van der Waals surface area contributed by atoms with E-state index >= 15 is 0 Å². The SMILES string of the molecule is CC(C)(O)CC(=O)N1c2nc3ccc(OC(F)F)c(F)c3n2C12CCC2. The first-order valence-corrected chi connectivity index (χ1v) is 8.36. The molecule has 0 bridgehead atoms. The summed E-state index contributed by atoms with van der Waals surface area (Å²) in [7, 11) is 0. The minimum absolute atomic E-state index is 0.0603. The summed E-state index contributed by atoms with van der Waals surface area (Å²) in [5, 5.41) is 9.95. The van der Waals surface area contributed by atoms with Gasteiger partial charge in [0, 0.05) is 0 Å². The molecule has 1 spiro atoms. The molecule has 1 aromatic heterocycles. The van der Waals surface area contributed by atoms with Crippen LogP contribution in [0.15, 0.2) is 12.1 Å². The summed E-state index contributed by atoms with van der Waals surface area (Å²) < 4.78 is 45.6. The number of ether oxygens (including phenoxy) is 1. The normalized spacial score (nSPS) is 18.0. The van der Waals surface area contributed by atoms with Crippen molar-refractivity contribution in [3.8, 4) is 5.75 Å². The van der Waals surface area contributed by atoms with Crippen molar-refractivity contribution in [1.29, 1.82) is 0 Å². The van der Waals surface area contributed by atoms with Gasteiger partial charge in [-0.15, -0.1) is 0 Å². The molecule has 1 aromatic carbocycles. The number of aromatic nitrogens is 2. The summed E-state index contributed by atoms with van der Waals surface area (Å²) in [4.78, 5) is 18.5. The Labute approximate surface area is 147 Å². The molecular weight excluding hydrogens is 351 g/mol. The van der Waals surface area contributed by atoms with Crippen molar-refractivity contribution in [3.05, 3.63) is 17.9 Å². The average Bonchev–Trinajstić information content (AvgIpc) is 2.74. The molecule has 9 heteroatoms. The number of halogens is 3. The van der Waals surface area contributed by atoms with Crippen molar-refractivity contribution >= 4 is 22.9 Å². The lowest BCUT2D eigenvalue weighted by atomic mass is 9.79. The fraction of sp³-hybridized carbons (Fsp3) is 0.529. The highest BCUT2D eigenvalue weighted by atomic mass is 19.3. The van der Waals surface area contributed by atoms with Gasteiger partial charge < -0.3 is 9.84 Å². The van der Waals surface area contributed by atoms with Gasteiger partial charge in [-0.1, -0.05) is 0 Å². The van der Waals surface area contributed by atoms with E-state index in [1.807, 2.05) is 0 Å². The van der Waals surface area contributed by atoms with Gasteiger partial charge in [-0.05, 0) is 45.2 Å². The number of fused-ring (bicyclic) bond motifs is 4. The summed E-state index contributed by atoms with van der Waals surface area (Å²) >= 11 is 0. The van der Waals surface area contributed by atoms with Crippen LogP contribution < -0.4 is 9.64 Å². The van der Waals surface area contributed by atoms with Gasteiger partial charge in [0.15, 0.2) is 11.6 Å². The molecule has 1 N–H and O–H groups in total. The van der Waals surface area contributed by atoms with Crippen LogP contribution in [0.25, 0.3) is 11.0 Å². The number of nitrogens with zero attached hydrogens (tertiary/aromatic N) is 3. The van der Waals surface area contributed by atoms with Crippen molar-refractivity contribution in [2.24, 2.45) is 0 Å². The average molecular weight is 369 g/mol. The van der Waals surface area contributed by atoms with Gasteiger partial charge in [0.05, 0.1) is 17.5 Å². The maximum Gasteiger partial charge on any atom is 0.387 e. The fourth-order valence-corrected chi connectivity index (χ4v) is 3.80. The third-order valence-corrected chi connectivity index (χ3v) is 4.94. The summed E-state index contributed by atoms with van der Waals surface area (Å²) in [6.07, 6.45) is 1.98. The lowest BCUT2D eigenvalue weighted by molar-refractivity contribution is -0.127. The molecule has 2 aliphatic rings. The van der Waals surface area contributed by atoms with Crippen LogP contribution >= 0.6 is 0 Å². The van der Waals surface area contributed by atoms with Crippen molar-refractivity contribution < 1.29 is 27.8 Å². The van der Waals surface area contributed by atoms with E-state index in [9.17, 15) is 23.1 Å². The van der Waals surface area contributed by atoms with Crippen LogP contribution in [-0.4, -0.2) is 32.8 Å². The Morgan fingerprint density at radius 2 is 2.12 bits per heavy atom. The van der Waals surface area contributed by atoms with Crippen molar-refractivity contribution in [3.63, 3.8) is 0 Å². The number of alkyl halides is 2. The van der Waals surface area contributed by atoms with Gasteiger partial charge in [-0.3, -0.25) is 14.3 Å². The number of benzene rings is 1. The fourth-order valence-electron chi connectivity index (χ4n) is 3.80. The molecule has 0 atom stereocenters. The van der Waals surface area contributed by atoms with Gasteiger partial charge in [0.1, 0.15) is 11.2 Å². The number of amides is 1. The number of aliphatic hydroxyl groups is 1. The highest BCUT2D eigenvalue weighted by Crippen LogP contribution is 2.56. The largest absolute Gasteiger partial charge is 0.432 e. The van der Waals surface area contributed by atoms with Crippen LogP contribution in [0.5, 0.6) is 5.75 Å². The lowest BCUT2D eigenvalue weighted by Gasteiger charge is -2.58. The predicted octanol–water partition coefficient (Wildman–Crippen LogP) is 3.12. The molecule has 140 valence electrons. The van der Waals surface area contributed by atoms with Crippen LogP contribution in [0.2, 0.25) is 0 Å². The van der Waals surface area contributed by atoms with Crippen LogP contribution in [-0.2, 0) is 10.5 Å². The number of hydrogen-bond donors (Lipinski definition) is 1. The van der Waals surface area contributed by atoms with Crippen LogP contribution in [0.3, 0.4) is 0 Å². The second-order valence-corrected chi connectivity index (χ2v) is 7.43. The smallest absolute Gasteiger partial charge is 0.387 e. The highest BCUT2D eigenvalue weighted by molar-refractivity contribution is 5.99. The molecule has 1 aliphatic heterocycles. The molecule has 2 heterocycles. The zero-order valence-corrected chi connectivity index (χ0v) is 14.3. The van der Waals surface area contributed by atoms with E-state index in [1.54, 1.807) is 4.57 Å². The van der Waals surface area contributed by atoms with E-state index in [-0.39, 0.29) is 29.3 Å². The van der Waals surface area contributed by atoms with E-state index in [0.29, 0.717) is 12.8 Å². The Balaban J connectivity index is 1.81. The first kappa shape index (κ1) is 17.1. The third-order valence-electron chi connectivity index (χ3n) is 4.94. The number of imidazole rings is 1. The molecule has 2 aromatic rings. The molecule has 0 saturated heterocycles. The first-order valence-electron chi connectivity index (χ1n) is 8.36. The topological polar surface area (TPSA) is 67.6 Å². The Morgan fingerprint density at radius 3 is 2.65 bits per heavy atom. The number of hydrogen-bond acceptors (Lipinski definition) is 4. The quantitative estimate of drug-likeness (QED) is 0.899. The molecule has 1 fully saturated rings. The maximum atomic E-state index is 14.8. The standard InChI is InChI=1S/C17H18F3N3O3/c1-16(2,25)8-11(24)22-15-21-9-4-5-10(26-14(19)20)12(18)13(9)23(15)17(22)6-3-7-17/h4-5,14,25H,3,6-8H2,1-2H3. The molecular formula is C17H18F3N3O3. The second kappa shape index (κ2) is 5.35. The van der Waals surface area contributed by atoms with E-state index < -0.39 is 29.4 Å². The minimum Gasteiger partial charge on any atom is -0.432 e. The van der Waals surface area contributed by atoms with Gasteiger partial charge in [0.2, 0.25) is 11.9 Å². The first-order chi connectivity index (χ1) is 12.1. The molecule has 26 heavy (non-hydrogen) atoms. The Morgan fingerprint density at radius 1 is 1.42 bits per heavy atom. The minimum atomic E-state index is -3.14. The zero-order chi connectivity index (χ0) is 18.9. The molecule has 4 rings (SSSR count). The molecule has 1 saturated carbocycles. The predicted molar refractivity (Wildman–Crippen MR) is 86.5 cm³/mol. The summed E-state index contributed by atoms with van der Waals surface area (Å²) in [5.41, 5.74) is -1.59. The van der Waals surface area contributed by atoms with Gasteiger partial charge >= 0.3 is 6.61 Å². The van der Waals surface area contributed by atoms with E-state index in [4.69, 9.17) is 0 Å². The van der Waals surface area contributed by atoms with E-state index in [0.717, 1.165) is 12.5 Å². The Kier molecular flexibility index (Phi) is 3.53. The molecule has 0 radical (unpaired) electrons. The lowest BCUT2D eigenvalue weighted by Crippen LogP contribution is -2.66. The van der Waals surface area contributed by atoms with Crippen molar-refractivity contribution in [2.45, 2.75) is 57.4 Å². The summed E-state index contributed by atoms with van der Waals surface area (Å²) in [6.45, 7) is -0.0630. The third kappa shape index (κ3) is 2.29. The highest BCUT2D eigenvalue weighted by Gasteiger charge is 2.58. The van der Waals surface area contributed by atoms with E-state index in [2.05, 4.69) is 9.72 Å². The monoisotopic (exact) mass is 369 g/mol.